The van der Waals surface area contributed by atoms with Crippen molar-refractivity contribution in [3.8, 4) is 17.2 Å². The number of hydrogen-bond acceptors (Lipinski definition) is 6. The van der Waals surface area contributed by atoms with Crippen LogP contribution < -0.4 is 14.2 Å². The van der Waals surface area contributed by atoms with Crippen LogP contribution in [0.15, 0.2) is 80.9 Å². The van der Waals surface area contributed by atoms with Gasteiger partial charge in [-0.3, -0.25) is 0 Å². The molecule has 1 aliphatic rings. The zero-order valence-electron chi connectivity index (χ0n) is 20.7. The van der Waals surface area contributed by atoms with Crippen molar-refractivity contribution < 1.29 is 28.8 Å². The van der Waals surface area contributed by atoms with Crippen molar-refractivity contribution in [2.75, 3.05) is 14.2 Å². The van der Waals surface area contributed by atoms with Crippen LogP contribution in [0.4, 0.5) is 0 Å². The van der Waals surface area contributed by atoms with E-state index >= 15 is 0 Å². The molecule has 0 amide bonds. The highest BCUT2D eigenvalue weighted by Crippen LogP contribution is 2.44. The second-order valence-corrected chi connectivity index (χ2v) is 10.3. The van der Waals surface area contributed by atoms with Crippen molar-refractivity contribution in [2.45, 2.75) is 26.1 Å². The number of hydrogen-bond donors (Lipinski definition) is 1. The fourth-order valence-corrected chi connectivity index (χ4v) is 5.56. The molecule has 0 aliphatic carbocycles. The van der Waals surface area contributed by atoms with Gasteiger partial charge in [0.15, 0.2) is 0 Å². The Morgan fingerprint density at radius 1 is 0.892 bits per heavy atom. The quantitative estimate of drug-likeness (QED) is 0.268. The molecule has 3 aromatic rings. The lowest BCUT2D eigenvalue weighted by atomic mass is 9.92. The summed E-state index contributed by atoms with van der Waals surface area (Å²) in [6, 6.07) is 18.2. The molecule has 1 N–H and O–H groups in total. The van der Waals surface area contributed by atoms with Crippen LogP contribution in [-0.4, -0.2) is 31.4 Å². The SMILES string of the molecule is COc1ccc(/C=C2\OC(=O)C(C(O)c3cc(Br)c(OC)c(Br)c3)=C2c2ccc(OC(C)C)cc2)cc1. The highest BCUT2D eigenvalue weighted by Gasteiger charge is 2.36. The van der Waals surface area contributed by atoms with Gasteiger partial charge in [-0.2, -0.15) is 0 Å². The van der Waals surface area contributed by atoms with E-state index in [-0.39, 0.29) is 11.7 Å². The number of allylic oxidation sites excluding steroid dienone is 1. The summed E-state index contributed by atoms with van der Waals surface area (Å²) in [5, 5.41) is 11.5. The van der Waals surface area contributed by atoms with E-state index in [9.17, 15) is 9.90 Å². The average molecular weight is 630 g/mol. The Labute approximate surface area is 232 Å². The Morgan fingerprint density at radius 3 is 2.03 bits per heavy atom. The van der Waals surface area contributed by atoms with E-state index in [0.717, 1.165) is 5.56 Å². The molecular formula is C29H26Br2O6. The standard InChI is InChI=1S/C29H26Br2O6/c1-16(2)36-21-11-7-18(8-12-21)25-24(13-17-5-9-20(34-3)10-6-17)37-29(33)26(25)27(32)19-14-22(30)28(35-4)23(31)15-19/h5-16,27,32H,1-4H3/b24-13-. The number of benzene rings is 3. The molecule has 1 atom stereocenters. The summed E-state index contributed by atoms with van der Waals surface area (Å²) < 4.78 is 23.4. The van der Waals surface area contributed by atoms with Crippen molar-refractivity contribution in [3.63, 3.8) is 0 Å². The number of rotatable bonds is 8. The van der Waals surface area contributed by atoms with E-state index in [1.165, 1.54) is 0 Å². The van der Waals surface area contributed by atoms with Crippen molar-refractivity contribution in [1.29, 1.82) is 0 Å². The molecule has 3 aromatic carbocycles. The van der Waals surface area contributed by atoms with Crippen molar-refractivity contribution >= 4 is 49.5 Å². The molecule has 0 bridgehead atoms. The number of aliphatic hydroxyl groups is 1. The van der Waals surface area contributed by atoms with Gasteiger partial charge in [0.2, 0.25) is 0 Å². The smallest absolute Gasteiger partial charge is 0.343 e. The second-order valence-electron chi connectivity index (χ2n) is 8.57. The molecule has 1 heterocycles. The van der Waals surface area contributed by atoms with Gasteiger partial charge in [-0.25, -0.2) is 4.79 Å². The number of methoxy groups -OCH3 is 2. The molecule has 0 radical (unpaired) electrons. The van der Waals surface area contributed by atoms with E-state index in [2.05, 4.69) is 31.9 Å². The number of aliphatic hydroxyl groups excluding tert-OH is 1. The summed E-state index contributed by atoms with van der Waals surface area (Å²) in [6.07, 6.45) is 0.538. The predicted molar refractivity (Wildman–Crippen MR) is 150 cm³/mol. The van der Waals surface area contributed by atoms with E-state index < -0.39 is 12.1 Å². The summed E-state index contributed by atoms with van der Waals surface area (Å²) in [5.41, 5.74) is 2.66. The molecule has 0 fully saturated rings. The fourth-order valence-electron chi connectivity index (χ4n) is 4.01. The van der Waals surface area contributed by atoms with Crippen LogP contribution >= 0.6 is 31.9 Å². The number of carbonyl (C=O) groups is 1. The number of halogens is 2. The van der Waals surface area contributed by atoms with Gasteiger partial charge in [0.25, 0.3) is 0 Å². The van der Waals surface area contributed by atoms with Crippen molar-refractivity contribution in [1.82, 2.24) is 0 Å². The van der Waals surface area contributed by atoms with Gasteiger partial charge in [0.1, 0.15) is 29.1 Å². The molecule has 6 nitrogen and oxygen atoms in total. The van der Waals surface area contributed by atoms with E-state index in [4.69, 9.17) is 18.9 Å². The van der Waals surface area contributed by atoms with E-state index in [1.807, 2.05) is 62.4 Å². The third kappa shape index (κ3) is 5.92. The van der Waals surface area contributed by atoms with Gasteiger partial charge in [-0.1, -0.05) is 24.3 Å². The molecule has 0 aromatic heterocycles. The zero-order chi connectivity index (χ0) is 26.7. The normalized spacial score (nSPS) is 15.2. The number of carbonyl (C=O) groups excluding carboxylic acids is 1. The van der Waals surface area contributed by atoms with Crippen LogP contribution in [0.2, 0.25) is 0 Å². The molecule has 4 rings (SSSR count). The number of ether oxygens (including phenoxy) is 4. The van der Waals surface area contributed by atoms with Gasteiger partial charge in [-0.05, 0) is 105 Å². The number of esters is 1. The lowest BCUT2D eigenvalue weighted by molar-refractivity contribution is -0.134. The average Bonchev–Trinajstić information content (AvgIpc) is 3.19. The Hall–Kier alpha value is -3.07. The molecule has 8 heteroatoms. The van der Waals surface area contributed by atoms with E-state index in [0.29, 0.717) is 48.7 Å². The number of cyclic esters (lactones) is 1. The molecule has 1 aliphatic heterocycles. The first-order chi connectivity index (χ1) is 17.7. The first-order valence-electron chi connectivity index (χ1n) is 11.5. The van der Waals surface area contributed by atoms with Crippen LogP contribution in [0.1, 0.15) is 36.6 Å². The topological polar surface area (TPSA) is 74.2 Å². The van der Waals surface area contributed by atoms with Gasteiger partial charge in [0, 0.05) is 5.57 Å². The fraction of sp³-hybridized carbons (Fsp3) is 0.207. The lowest BCUT2D eigenvalue weighted by Crippen LogP contribution is -2.10. The van der Waals surface area contributed by atoms with Crippen LogP contribution in [0, 0.1) is 0 Å². The lowest BCUT2D eigenvalue weighted by Gasteiger charge is -2.16. The second kappa shape index (κ2) is 11.5. The Morgan fingerprint density at radius 2 is 1.49 bits per heavy atom. The Kier molecular flexibility index (Phi) is 8.42. The minimum absolute atomic E-state index is 0.0244. The van der Waals surface area contributed by atoms with Crippen molar-refractivity contribution in [2.24, 2.45) is 0 Å². The molecule has 0 spiro atoms. The molecule has 0 saturated heterocycles. The van der Waals surface area contributed by atoms with Gasteiger partial charge in [-0.15, -0.1) is 0 Å². The predicted octanol–water partition coefficient (Wildman–Crippen LogP) is 7.10. The summed E-state index contributed by atoms with van der Waals surface area (Å²) in [6.45, 7) is 3.91. The van der Waals surface area contributed by atoms with Crippen LogP contribution in [-0.2, 0) is 9.53 Å². The monoisotopic (exact) mass is 628 g/mol. The third-order valence-electron chi connectivity index (χ3n) is 5.68. The Bertz CT molecular complexity index is 1340. The van der Waals surface area contributed by atoms with E-state index in [1.54, 1.807) is 32.4 Å². The first kappa shape index (κ1) is 27.0. The van der Waals surface area contributed by atoms with Crippen LogP contribution in [0.25, 0.3) is 11.6 Å². The van der Waals surface area contributed by atoms with Gasteiger partial charge in [0.05, 0.1) is 34.8 Å². The maximum Gasteiger partial charge on any atom is 0.343 e. The van der Waals surface area contributed by atoms with Crippen molar-refractivity contribution in [3.05, 3.63) is 97.6 Å². The molecule has 0 saturated carbocycles. The zero-order valence-corrected chi connectivity index (χ0v) is 23.9. The maximum absolute atomic E-state index is 13.2. The minimum atomic E-state index is -1.26. The maximum atomic E-state index is 13.2. The van der Waals surface area contributed by atoms with Gasteiger partial charge >= 0.3 is 5.97 Å². The first-order valence-corrected chi connectivity index (χ1v) is 13.1. The summed E-state index contributed by atoms with van der Waals surface area (Å²) >= 11 is 6.94. The highest BCUT2D eigenvalue weighted by molar-refractivity contribution is 9.11. The third-order valence-corrected chi connectivity index (χ3v) is 6.86. The van der Waals surface area contributed by atoms with Crippen LogP contribution in [0.3, 0.4) is 0 Å². The largest absolute Gasteiger partial charge is 0.497 e. The molecule has 1 unspecified atom stereocenters. The molecular weight excluding hydrogens is 604 g/mol. The summed E-state index contributed by atoms with van der Waals surface area (Å²) in [4.78, 5) is 13.2. The summed E-state index contributed by atoms with van der Waals surface area (Å²) in [5.74, 6) is 1.73. The molecule has 192 valence electrons. The minimum Gasteiger partial charge on any atom is -0.497 e. The Balaban J connectivity index is 1.85. The highest BCUT2D eigenvalue weighted by atomic mass is 79.9. The van der Waals surface area contributed by atoms with Crippen LogP contribution in [0.5, 0.6) is 17.2 Å². The summed E-state index contributed by atoms with van der Waals surface area (Å²) in [7, 11) is 3.15. The van der Waals surface area contributed by atoms with Gasteiger partial charge < -0.3 is 24.1 Å². The molecule has 37 heavy (non-hydrogen) atoms.